The molecule has 1 aromatic carbocycles. The highest BCUT2D eigenvalue weighted by Crippen LogP contribution is 2.24. The van der Waals surface area contributed by atoms with Gasteiger partial charge in [-0.25, -0.2) is 4.98 Å². The van der Waals surface area contributed by atoms with Crippen molar-refractivity contribution in [3.8, 4) is 11.6 Å². The molecule has 1 aliphatic carbocycles. The van der Waals surface area contributed by atoms with Crippen LogP contribution < -0.4 is 15.0 Å². The Bertz CT molecular complexity index is 608. The second kappa shape index (κ2) is 6.14. The van der Waals surface area contributed by atoms with Crippen LogP contribution in [-0.4, -0.2) is 25.1 Å². The third kappa shape index (κ3) is 3.95. The van der Waals surface area contributed by atoms with Crippen LogP contribution in [0.3, 0.4) is 0 Å². The molecule has 110 valence electrons. The van der Waals surface area contributed by atoms with Crippen LogP contribution in [0.2, 0.25) is 0 Å². The number of pyridine rings is 1. The molecule has 1 aliphatic rings. The topological polar surface area (TPSA) is 37.4 Å². The highest BCUT2D eigenvalue weighted by atomic mass is 16.5. The fourth-order valence-corrected chi connectivity index (χ4v) is 2.10. The summed E-state index contributed by atoms with van der Waals surface area (Å²) in [6.07, 6.45) is 2.57. The molecular weight excluding hydrogens is 262 g/mol. The molecule has 21 heavy (non-hydrogen) atoms. The average Bonchev–Trinajstić information content (AvgIpc) is 3.30. The lowest BCUT2D eigenvalue weighted by Crippen LogP contribution is -2.16. The van der Waals surface area contributed by atoms with Crippen LogP contribution in [0.4, 0.5) is 5.69 Å². The van der Waals surface area contributed by atoms with Crippen molar-refractivity contribution in [2.75, 3.05) is 19.0 Å². The first-order valence-electron chi connectivity index (χ1n) is 7.35. The van der Waals surface area contributed by atoms with Crippen molar-refractivity contribution >= 4 is 5.69 Å². The molecule has 0 saturated heterocycles. The van der Waals surface area contributed by atoms with Crippen LogP contribution in [0, 0.1) is 0 Å². The Labute approximate surface area is 125 Å². The van der Waals surface area contributed by atoms with E-state index < -0.39 is 0 Å². The maximum atomic E-state index is 5.87. The summed E-state index contributed by atoms with van der Waals surface area (Å²) in [5.74, 6) is 1.45. The Morgan fingerprint density at radius 2 is 2.00 bits per heavy atom. The lowest BCUT2D eigenvalue weighted by Gasteiger charge is -2.14. The van der Waals surface area contributed by atoms with Crippen molar-refractivity contribution in [3.05, 3.63) is 48.2 Å². The first-order chi connectivity index (χ1) is 10.2. The molecule has 4 nitrogen and oxygen atoms in total. The van der Waals surface area contributed by atoms with Gasteiger partial charge in [0.25, 0.3) is 0 Å². The third-order valence-electron chi connectivity index (χ3n) is 3.49. The fraction of sp³-hybridized carbons (Fsp3) is 0.353. The molecule has 0 amide bonds. The SMILES string of the molecule is CN(C)c1cccc(Oc2cccc(CNC3CC3)n2)c1. The molecular formula is C17H21N3O. The highest BCUT2D eigenvalue weighted by Gasteiger charge is 2.20. The number of hydrogen-bond donors (Lipinski definition) is 1. The van der Waals surface area contributed by atoms with E-state index in [0.29, 0.717) is 11.9 Å². The summed E-state index contributed by atoms with van der Waals surface area (Å²) in [7, 11) is 4.03. The molecule has 1 N–H and O–H groups in total. The zero-order valence-electron chi connectivity index (χ0n) is 12.5. The van der Waals surface area contributed by atoms with E-state index in [2.05, 4.69) is 21.3 Å². The summed E-state index contributed by atoms with van der Waals surface area (Å²) in [6, 6.07) is 14.6. The van der Waals surface area contributed by atoms with Gasteiger partial charge in [-0.3, -0.25) is 0 Å². The molecule has 1 saturated carbocycles. The average molecular weight is 283 g/mol. The predicted molar refractivity (Wildman–Crippen MR) is 84.9 cm³/mol. The van der Waals surface area contributed by atoms with Crippen LogP contribution in [0.5, 0.6) is 11.6 Å². The zero-order valence-corrected chi connectivity index (χ0v) is 12.5. The van der Waals surface area contributed by atoms with E-state index in [1.807, 2.05) is 50.5 Å². The minimum Gasteiger partial charge on any atom is -0.439 e. The van der Waals surface area contributed by atoms with E-state index in [0.717, 1.165) is 23.7 Å². The van der Waals surface area contributed by atoms with Gasteiger partial charge in [0.05, 0.1) is 5.69 Å². The van der Waals surface area contributed by atoms with Gasteiger partial charge in [0.1, 0.15) is 5.75 Å². The van der Waals surface area contributed by atoms with Gasteiger partial charge in [-0.05, 0) is 31.0 Å². The number of nitrogens with zero attached hydrogens (tertiary/aromatic N) is 2. The molecule has 0 atom stereocenters. The molecule has 1 aromatic heterocycles. The quantitative estimate of drug-likeness (QED) is 0.883. The standard InChI is InChI=1S/C17H21N3O/c1-20(2)15-6-4-7-16(11-15)21-17-8-3-5-14(19-17)12-18-13-9-10-13/h3-8,11,13,18H,9-10,12H2,1-2H3. The predicted octanol–water partition coefficient (Wildman–Crippen LogP) is 3.19. The Kier molecular flexibility index (Phi) is 4.06. The number of aromatic nitrogens is 1. The van der Waals surface area contributed by atoms with E-state index in [1.165, 1.54) is 12.8 Å². The van der Waals surface area contributed by atoms with Gasteiger partial charge in [0.2, 0.25) is 5.88 Å². The molecule has 3 rings (SSSR count). The first kappa shape index (κ1) is 13.9. The van der Waals surface area contributed by atoms with Gasteiger partial charge < -0.3 is 15.0 Å². The summed E-state index contributed by atoms with van der Waals surface area (Å²) in [5.41, 5.74) is 2.13. The van der Waals surface area contributed by atoms with Crippen LogP contribution in [0.1, 0.15) is 18.5 Å². The smallest absolute Gasteiger partial charge is 0.219 e. The number of rotatable bonds is 6. The molecule has 0 spiro atoms. The molecule has 1 heterocycles. The van der Waals surface area contributed by atoms with Gasteiger partial charge in [0.15, 0.2) is 0 Å². The second-order valence-electron chi connectivity index (χ2n) is 5.62. The Hall–Kier alpha value is -2.07. The van der Waals surface area contributed by atoms with Crippen molar-refractivity contribution < 1.29 is 4.74 Å². The first-order valence-corrected chi connectivity index (χ1v) is 7.35. The number of nitrogens with one attached hydrogen (secondary N) is 1. The number of benzene rings is 1. The van der Waals surface area contributed by atoms with Gasteiger partial charge >= 0.3 is 0 Å². The molecule has 0 unspecified atom stereocenters. The van der Waals surface area contributed by atoms with Crippen molar-refractivity contribution in [2.24, 2.45) is 0 Å². The Morgan fingerprint density at radius 1 is 1.19 bits per heavy atom. The van der Waals surface area contributed by atoms with Gasteiger partial charge in [-0.15, -0.1) is 0 Å². The number of ether oxygens (including phenoxy) is 1. The van der Waals surface area contributed by atoms with E-state index in [1.54, 1.807) is 0 Å². The van der Waals surface area contributed by atoms with E-state index >= 15 is 0 Å². The lowest BCUT2D eigenvalue weighted by molar-refractivity contribution is 0.459. The van der Waals surface area contributed by atoms with Crippen LogP contribution in [0.15, 0.2) is 42.5 Å². The number of anilines is 1. The highest BCUT2D eigenvalue weighted by molar-refractivity contribution is 5.50. The zero-order chi connectivity index (χ0) is 14.7. The molecule has 4 heteroatoms. The summed E-state index contributed by atoms with van der Waals surface area (Å²) >= 11 is 0. The summed E-state index contributed by atoms with van der Waals surface area (Å²) in [5, 5.41) is 3.46. The maximum Gasteiger partial charge on any atom is 0.219 e. The fourth-order valence-electron chi connectivity index (χ4n) is 2.10. The molecule has 0 aliphatic heterocycles. The number of hydrogen-bond acceptors (Lipinski definition) is 4. The second-order valence-corrected chi connectivity index (χ2v) is 5.62. The van der Waals surface area contributed by atoms with Gasteiger partial charge in [0, 0.05) is 44.5 Å². The molecule has 0 bridgehead atoms. The summed E-state index contributed by atoms with van der Waals surface area (Å²) in [4.78, 5) is 6.60. The van der Waals surface area contributed by atoms with E-state index in [4.69, 9.17) is 4.74 Å². The molecule has 0 radical (unpaired) electrons. The van der Waals surface area contributed by atoms with Crippen LogP contribution in [0.25, 0.3) is 0 Å². The van der Waals surface area contributed by atoms with Crippen molar-refractivity contribution in [1.29, 1.82) is 0 Å². The van der Waals surface area contributed by atoms with E-state index in [9.17, 15) is 0 Å². The van der Waals surface area contributed by atoms with Crippen molar-refractivity contribution in [1.82, 2.24) is 10.3 Å². The van der Waals surface area contributed by atoms with Crippen LogP contribution >= 0.6 is 0 Å². The Balaban J connectivity index is 1.68. The lowest BCUT2D eigenvalue weighted by atomic mass is 10.3. The minimum atomic E-state index is 0.640. The molecule has 2 aromatic rings. The van der Waals surface area contributed by atoms with Crippen molar-refractivity contribution in [2.45, 2.75) is 25.4 Å². The maximum absolute atomic E-state index is 5.87. The summed E-state index contributed by atoms with van der Waals surface area (Å²) in [6.45, 7) is 0.805. The Morgan fingerprint density at radius 3 is 2.76 bits per heavy atom. The van der Waals surface area contributed by atoms with Crippen molar-refractivity contribution in [3.63, 3.8) is 0 Å². The largest absolute Gasteiger partial charge is 0.439 e. The van der Waals surface area contributed by atoms with Crippen LogP contribution in [-0.2, 0) is 6.54 Å². The molecule has 1 fully saturated rings. The van der Waals surface area contributed by atoms with Gasteiger partial charge in [-0.2, -0.15) is 0 Å². The summed E-state index contributed by atoms with van der Waals surface area (Å²) < 4.78 is 5.87. The normalized spacial score (nSPS) is 14.0. The monoisotopic (exact) mass is 283 g/mol. The third-order valence-corrected chi connectivity index (χ3v) is 3.49. The minimum absolute atomic E-state index is 0.640. The van der Waals surface area contributed by atoms with E-state index in [-0.39, 0.29) is 0 Å². The van der Waals surface area contributed by atoms with Gasteiger partial charge in [-0.1, -0.05) is 12.1 Å².